The molecule has 6 aromatic rings. The molecule has 0 aromatic heterocycles. The van der Waals surface area contributed by atoms with Crippen LogP contribution in [0.2, 0.25) is 10.0 Å². The number of amides is 2. The zero-order chi connectivity index (χ0) is 45.8. The van der Waals surface area contributed by atoms with Crippen molar-refractivity contribution in [2.45, 2.75) is 35.5 Å². The van der Waals surface area contributed by atoms with Gasteiger partial charge in [-0.3, -0.25) is 18.2 Å². The number of sulfonamides is 2. The normalized spacial score (nSPS) is 13.3. The van der Waals surface area contributed by atoms with Crippen molar-refractivity contribution < 1.29 is 46.2 Å². The van der Waals surface area contributed by atoms with E-state index in [0.717, 1.165) is 11.1 Å². The summed E-state index contributed by atoms with van der Waals surface area (Å²) in [6.07, 6.45) is 2.73. The third-order valence-corrected chi connectivity index (χ3v) is 14.5. The lowest BCUT2D eigenvalue weighted by Crippen LogP contribution is -2.35. The van der Waals surface area contributed by atoms with Crippen LogP contribution in [0.3, 0.4) is 0 Å². The van der Waals surface area contributed by atoms with Gasteiger partial charge in [0.05, 0.1) is 32.3 Å². The van der Waals surface area contributed by atoms with Crippen LogP contribution in [-0.2, 0) is 32.9 Å². The Hall–Kier alpha value is -6.72. The third-order valence-electron chi connectivity index (χ3n) is 10.4. The summed E-state index contributed by atoms with van der Waals surface area (Å²) in [5, 5.41) is 24.0. The summed E-state index contributed by atoms with van der Waals surface area (Å²) >= 11 is 12.0. The lowest BCUT2D eigenvalue weighted by molar-refractivity contribution is 0.0686. The Labute approximate surface area is 378 Å². The van der Waals surface area contributed by atoms with Crippen LogP contribution in [0.15, 0.2) is 143 Å². The van der Waals surface area contributed by atoms with Crippen LogP contribution in [0.4, 0.5) is 22.7 Å². The molecule has 0 saturated heterocycles. The molecule has 0 aliphatic carbocycles. The molecular formula is C46H38Cl2N4O10S2. The highest BCUT2D eigenvalue weighted by Crippen LogP contribution is 2.35. The van der Waals surface area contributed by atoms with E-state index in [2.05, 4.69) is 10.6 Å². The number of fused-ring (bicyclic) bond motifs is 2. The first-order chi connectivity index (χ1) is 30.5. The Kier molecular flexibility index (Phi) is 13.4. The number of benzene rings is 6. The first-order valence-electron chi connectivity index (χ1n) is 19.6. The van der Waals surface area contributed by atoms with Crippen LogP contribution in [-0.4, -0.2) is 63.9 Å². The number of carboxylic acids is 2. The summed E-state index contributed by atoms with van der Waals surface area (Å²) < 4.78 is 55.8. The van der Waals surface area contributed by atoms with E-state index in [-0.39, 0.29) is 20.9 Å². The van der Waals surface area contributed by atoms with Gasteiger partial charge in [0.25, 0.3) is 31.9 Å². The molecule has 0 atom stereocenters. The molecule has 0 fully saturated rings. The summed E-state index contributed by atoms with van der Waals surface area (Å²) in [6, 6.07) is 33.7. The average Bonchev–Trinajstić information content (AvgIpc) is 3.28. The van der Waals surface area contributed by atoms with Crippen LogP contribution in [0.5, 0.6) is 0 Å². The molecular weight excluding hydrogens is 904 g/mol. The highest BCUT2D eigenvalue weighted by Gasteiger charge is 2.31. The number of anilines is 4. The Morgan fingerprint density at radius 3 is 1.19 bits per heavy atom. The largest absolute Gasteiger partial charge is 0.478 e. The van der Waals surface area contributed by atoms with Gasteiger partial charge in [-0.1, -0.05) is 47.5 Å². The Morgan fingerprint density at radius 1 is 0.484 bits per heavy atom. The van der Waals surface area contributed by atoms with Gasteiger partial charge in [0.15, 0.2) is 0 Å². The van der Waals surface area contributed by atoms with E-state index in [9.17, 15) is 36.0 Å². The molecule has 2 heterocycles. The SMILES string of the molecule is O=C(O)c1ccc(NC(=O)c2ccc3c(c2)N(S(=O)(=O)c2cccc(Cl)c2)CCC3)cc1.O=C(O)c1ccc(NC(=O)c2ccc3c(c2)N(S(=O)(=O)c2cccc(Cl)c2)CCC3)cc1. The molecule has 0 bridgehead atoms. The topological polar surface area (TPSA) is 208 Å². The number of aromatic carboxylic acids is 2. The first kappa shape index (κ1) is 45.3. The van der Waals surface area contributed by atoms with E-state index < -0.39 is 43.8 Å². The molecule has 14 nitrogen and oxygen atoms in total. The summed E-state index contributed by atoms with van der Waals surface area (Å²) in [7, 11) is -7.70. The summed E-state index contributed by atoms with van der Waals surface area (Å²) in [4.78, 5) is 47.7. The fraction of sp³-hybridized carbons (Fsp3) is 0.130. The molecule has 2 aliphatic heterocycles. The Bertz CT molecular complexity index is 2820. The molecule has 4 N–H and O–H groups in total. The molecule has 0 saturated carbocycles. The molecule has 6 aromatic carbocycles. The second-order valence-corrected chi connectivity index (χ2v) is 19.2. The average molecular weight is 942 g/mol. The number of carbonyl (C=O) groups excluding carboxylic acids is 2. The maximum Gasteiger partial charge on any atom is 0.335 e. The van der Waals surface area contributed by atoms with Gasteiger partial charge in [-0.25, -0.2) is 26.4 Å². The number of rotatable bonds is 10. The van der Waals surface area contributed by atoms with E-state index in [4.69, 9.17) is 33.4 Å². The lowest BCUT2D eigenvalue weighted by atomic mass is 10.0. The number of nitrogens with zero attached hydrogens (tertiary/aromatic N) is 2. The molecule has 2 aliphatic rings. The maximum absolute atomic E-state index is 13.3. The van der Waals surface area contributed by atoms with Crippen molar-refractivity contribution in [2.75, 3.05) is 32.3 Å². The number of carbonyl (C=O) groups is 4. The van der Waals surface area contributed by atoms with Gasteiger partial charge in [-0.2, -0.15) is 0 Å². The summed E-state index contributed by atoms with van der Waals surface area (Å²) in [5.74, 6) is -2.97. The van der Waals surface area contributed by atoms with Crippen molar-refractivity contribution in [1.29, 1.82) is 0 Å². The van der Waals surface area contributed by atoms with Gasteiger partial charge in [0.1, 0.15) is 0 Å². The summed E-state index contributed by atoms with van der Waals surface area (Å²) in [6.45, 7) is 0.590. The van der Waals surface area contributed by atoms with Crippen molar-refractivity contribution >= 4 is 89.8 Å². The van der Waals surface area contributed by atoms with Gasteiger partial charge < -0.3 is 20.8 Å². The quantitative estimate of drug-likeness (QED) is 0.103. The van der Waals surface area contributed by atoms with Gasteiger partial charge in [-0.15, -0.1) is 0 Å². The lowest BCUT2D eigenvalue weighted by Gasteiger charge is -2.31. The van der Waals surface area contributed by atoms with Gasteiger partial charge >= 0.3 is 11.9 Å². The fourth-order valence-electron chi connectivity index (χ4n) is 7.17. The van der Waals surface area contributed by atoms with Gasteiger partial charge in [-0.05, 0) is 146 Å². The Balaban J connectivity index is 0.000000191. The molecule has 328 valence electrons. The minimum atomic E-state index is -3.85. The van der Waals surface area contributed by atoms with Gasteiger partial charge in [0.2, 0.25) is 0 Å². The molecule has 18 heteroatoms. The second kappa shape index (κ2) is 18.9. The number of halogens is 2. The predicted octanol–water partition coefficient (Wildman–Crippen LogP) is 8.86. The maximum atomic E-state index is 13.3. The van der Waals surface area contributed by atoms with Crippen LogP contribution in [0, 0.1) is 0 Å². The second-order valence-electron chi connectivity index (χ2n) is 14.6. The molecule has 64 heavy (non-hydrogen) atoms. The zero-order valence-corrected chi connectivity index (χ0v) is 36.7. The molecule has 0 radical (unpaired) electrons. The minimum absolute atomic E-state index is 0.0891. The van der Waals surface area contributed by atoms with Crippen molar-refractivity contribution in [3.05, 3.63) is 177 Å². The summed E-state index contributed by atoms with van der Waals surface area (Å²) in [5.41, 5.74) is 4.27. The van der Waals surface area contributed by atoms with E-state index in [1.807, 2.05) is 0 Å². The third kappa shape index (κ3) is 10.1. The van der Waals surface area contributed by atoms with E-state index >= 15 is 0 Å². The first-order valence-corrected chi connectivity index (χ1v) is 23.3. The van der Waals surface area contributed by atoms with Crippen molar-refractivity contribution in [2.24, 2.45) is 0 Å². The molecule has 8 rings (SSSR count). The fourth-order valence-corrected chi connectivity index (χ4v) is 10.8. The highest BCUT2D eigenvalue weighted by molar-refractivity contribution is 7.93. The monoisotopic (exact) mass is 940 g/mol. The molecule has 0 unspecified atom stereocenters. The van der Waals surface area contributed by atoms with Crippen molar-refractivity contribution in [3.8, 4) is 0 Å². The highest BCUT2D eigenvalue weighted by atomic mass is 35.5. The van der Waals surface area contributed by atoms with Crippen LogP contribution < -0.4 is 19.2 Å². The smallest absolute Gasteiger partial charge is 0.335 e. The van der Waals surface area contributed by atoms with Crippen LogP contribution >= 0.6 is 23.2 Å². The molecule has 0 spiro atoms. The predicted molar refractivity (Wildman–Crippen MR) is 244 cm³/mol. The minimum Gasteiger partial charge on any atom is -0.478 e. The Morgan fingerprint density at radius 2 is 0.844 bits per heavy atom. The number of aryl methyl sites for hydroxylation is 2. The van der Waals surface area contributed by atoms with E-state index in [1.54, 1.807) is 60.7 Å². The van der Waals surface area contributed by atoms with Crippen LogP contribution in [0.25, 0.3) is 0 Å². The van der Waals surface area contributed by atoms with Crippen molar-refractivity contribution in [3.63, 3.8) is 0 Å². The van der Waals surface area contributed by atoms with Crippen LogP contribution in [0.1, 0.15) is 65.4 Å². The standard InChI is InChI=1S/2C23H19ClN2O5S/c2*24-18-4-1-5-20(14-18)32(30,31)26-12-2-3-15-6-7-17(13-21(15)26)22(27)25-19-10-8-16(9-11-19)23(28)29/h2*1,4-11,13-14H,2-3,12H2,(H,25,27)(H,28,29). The zero-order valence-electron chi connectivity index (χ0n) is 33.6. The van der Waals surface area contributed by atoms with Gasteiger partial charge in [0, 0.05) is 45.6 Å². The number of carboxylic acid groups (broad SMARTS) is 2. The molecule has 2 amide bonds. The van der Waals surface area contributed by atoms with E-state index in [1.165, 1.54) is 81.4 Å². The van der Waals surface area contributed by atoms with Crippen molar-refractivity contribution in [1.82, 2.24) is 0 Å². The number of hydrogen-bond donors (Lipinski definition) is 4. The number of nitrogens with one attached hydrogen (secondary N) is 2. The van der Waals surface area contributed by atoms with E-state index in [0.29, 0.717) is 82.7 Å². The number of hydrogen-bond acceptors (Lipinski definition) is 8.